The number of sulfonamides is 1. The fourth-order valence-electron chi connectivity index (χ4n) is 1.87. The van der Waals surface area contributed by atoms with E-state index < -0.39 is 10.0 Å². The van der Waals surface area contributed by atoms with Gasteiger partial charge in [0.05, 0.1) is 17.1 Å². The van der Waals surface area contributed by atoms with Crippen molar-refractivity contribution in [3.05, 3.63) is 47.3 Å². The van der Waals surface area contributed by atoms with Crippen molar-refractivity contribution in [2.75, 3.05) is 6.61 Å². The number of aromatic nitrogens is 1. The van der Waals surface area contributed by atoms with Crippen LogP contribution in [0.25, 0.3) is 0 Å². The van der Waals surface area contributed by atoms with Crippen LogP contribution in [0.5, 0.6) is 0 Å². The molecule has 6 nitrogen and oxygen atoms in total. The van der Waals surface area contributed by atoms with E-state index >= 15 is 0 Å². The van der Waals surface area contributed by atoms with Crippen LogP contribution in [0.1, 0.15) is 23.4 Å². The van der Waals surface area contributed by atoms with E-state index in [1.165, 1.54) is 0 Å². The Balaban J connectivity index is 2.01. The van der Waals surface area contributed by atoms with Gasteiger partial charge in [0.2, 0.25) is 10.0 Å². The van der Waals surface area contributed by atoms with Crippen LogP contribution >= 0.6 is 0 Å². The molecule has 0 amide bonds. The van der Waals surface area contributed by atoms with Crippen molar-refractivity contribution in [2.24, 2.45) is 0 Å². The van der Waals surface area contributed by atoms with E-state index in [9.17, 15) is 8.42 Å². The highest BCUT2D eigenvalue weighted by Gasteiger charge is 2.14. The predicted octanol–water partition coefficient (Wildman–Crippen LogP) is 1.39. The summed E-state index contributed by atoms with van der Waals surface area (Å²) in [6, 6.07) is 8.31. The van der Waals surface area contributed by atoms with Gasteiger partial charge in [-0.3, -0.25) is 0 Å². The highest BCUT2D eigenvalue weighted by Crippen LogP contribution is 2.12. The molecule has 0 aliphatic heterocycles. The summed E-state index contributed by atoms with van der Waals surface area (Å²) in [6.07, 6.45) is 1.39. The van der Waals surface area contributed by atoms with Crippen molar-refractivity contribution in [2.45, 2.75) is 31.2 Å². The molecule has 1 aromatic carbocycles. The molecule has 2 rings (SSSR count). The lowest BCUT2D eigenvalue weighted by atomic mass is 10.1. The van der Waals surface area contributed by atoms with Crippen LogP contribution in [-0.2, 0) is 23.0 Å². The summed E-state index contributed by atoms with van der Waals surface area (Å²) in [5.74, 6) is 0.637. The molecule has 7 heteroatoms. The van der Waals surface area contributed by atoms with Gasteiger partial charge < -0.3 is 9.63 Å². The second-order valence-corrected chi connectivity index (χ2v) is 6.49. The minimum Gasteiger partial charge on any atom is -0.396 e. The number of hydrogen-bond acceptors (Lipinski definition) is 5. The number of aliphatic hydroxyl groups is 1. The van der Waals surface area contributed by atoms with Gasteiger partial charge in [0.15, 0.2) is 0 Å². The summed E-state index contributed by atoms with van der Waals surface area (Å²) in [5.41, 5.74) is 1.53. The third-order valence-electron chi connectivity index (χ3n) is 2.98. The minimum atomic E-state index is -3.57. The molecule has 2 aromatic rings. The zero-order valence-corrected chi connectivity index (χ0v) is 12.6. The Morgan fingerprint density at radius 3 is 2.57 bits per heavy atom. The van der Waals surface area contributed by atoms with Gasteiger partial charge in [-0.2, -0.15) is 0 Å². The third-order valence-corrected chi connectivity index (χ3v) is 4.39. The number of benzene rings is 1. The van der Waals surface area contributed by atoms with Crippen molar-refractivity contribution in [3.8, 4) is 0 Å². The Morgan fingerprint density at radius 1 is 1.29 bits per heavy atom. The van der Waals surface area contributed by atoms with Crippen LogP contribution in [0.4, 0.5) is 0 Å². The van der Waals surface area contributed by atoms with Gasteiger partial charge in [0.25, 0.3) is 0 Å². The molecule has 0 saturated carbocycles. The fraction of sp³-hybridized carbons (Fsp3) is 0.357. The number of nitrogens with zero attached hydrogens (tertiary/aromatic N) is 1. The van der Waals surface area contributed by atoms with E-state index in [1.807, 2.05) is 0 Å². The van der Waals surface area contributed by atoms with Crippen LogP contribution in [0.3, 0.4) is 0 Å². The predicted molar refractivity (Wildman–Crippen MR) is 77.1 cm³/mol. The average Bonchev–Trinajstić information content (AvgIpc) is 2.89. The second kappa shape index (κ2) is 6.84. The normalized spacial score (nSPS) is 11.7. The number of rotatable bonds is 7. The molecule has 0 aliphatic carbocycles. The maximum atomic E-state index is 12.1. The van der Waals surface area contributed by atoms with Crippen LogP contribution in [-0.4, -0.2) is 25.3 Å². The molecule has 0 bridgehead atoms. The highest BCUT2D eigenvalue weighted by molar-refractivity contribution is 7.89. The summed E-state index contributed by atoms with van der Waals surface area (Å²) in [7, 11) is -3.57. The molecule has 0 atom stereocenters. The third kappa shape index (κ3) is 4.38. The minimum absolute atomic E-state index is 0.0892. The number of aryl methyl sites for hydroxylation is 2. The van der Waals surface area contributed by atoms with Gasteiger partial charge in [-0.1, -0.05) is 17.3 Å². The van der Waals surface area contributed by atoms with Gasteiger partial charge in [0, 0.05) is 12.7 Å². The van der Waals surface area contributed by atoms with Crippen LogP contribution in [0, 0.1) is 6.92 Å². The lowest BCUT2D eigenvalue weighted by Crippen LogP contribution is -2.23. The molecule has 0 aliphatic rings. The number of aliphatic hydroxyl groups excluding tert-OH is 1. The molecule has 1 aromatic heterocycles. The summed E-state index contributed by atoms with van der Waals surface area (Å²) < 4.78 is 31.6. The molecule has 0 spiro atoms. The monoisotopic (exact) mass is 310 g/mol. The van der Waals surface area contributed by atoms with Gasteiger partial charge in [0.1, 0.15) is 5.76 Å². The van der Waals surface area contributed by atoms with E-state index in [0.29, 0.717) is 17.9 Å². The van der Waals surface area contributed by atoms with E-state index in [2.05, 4.69) is 9.88 Å². The van der Waals surface area contributed by atoms with Crippen LogP contribution in [0.2, 0.25) is 0 Å². The Morgan fingerprint density at radius 2 is 2.00 bits per heavy atom. The SMILES string of the molecule is Cc1cc(CNS(=O)(=O)c2ccc(CCCO)cc2)no1. The van der Waals surface area contributed by atoms with Crippen molar-refractivity contribution in [3.63, 3.8) is 0 Å². The Hall–Kier alpha value is -1.70. The number of hydrogen-bond donors (Lipinski definition) is 2. The standard InChI is InChI=1S/C14H18N2O4S/c1-11-9-13(16-20-11)10-15-21(18,19)14-6-4-12(5-7-14)3-2-8-17/h4-7,9,15,17H,2-3,8,10H2,1H3. The first-order chi connectivity index (χ1) is 10.0. The van der Waals surface area contributed by atoms with Crippen molar-refractivity contribution < 1.29 is 18.0 Å². The molecule has 21 heavy (non-hydrogen) atoms. The summed E-state index contributed by atoms with van der Waals surface area (Å²) in [6.45, 7) is 1.96. The zero-order chi connectivity index (χ0) is 15.3. The lowest BCUT2D eigenvalue weighted by molar-refractivity contribution is 0.288. The molecular weight excluding hydrogens is 292 g/mol. The van der Waals surface area contributed by atoms with Crippen molar-refractivity contribution in [1.82, 2.24) is 9.88 Å². The fourth-order valence-corrected chi connectivity index (χ4v) is 2.87. The Bertz CT molecular complexity index is 677. The first-order valence-corrected chi connectivity index (χ1v) is 8.11. The van der Waals surface area contributed by atoms with E-state index in [1.54, 1.807) is 37.3 Å². The molecule has 0 unspecified atom stereocenters. The zero-order valence-electron chi connectivity index (χ0n) is 11.7. The summed E-state index contributed by atoms with van der Waals surface area (Å²) in [5, 5.41) is 12.5. The van der Waals surface area contributed by atoms with E-state index in [-0.39, 0.29) is 18.0 Å². The molecular formula is C14H18N2O4S. The van der Waals surface area contributed by atoms with E-state index in [4.69, 9.17) is 9.63 Å². The quantitative estimate of drug-likeness (QED) is 0.806. The van der Waals surface area contributed by atoms with Gasteiger partial charge in [-0.25, -0.2) is 13.1 Å². The van der Waals surface area contributed by atoms with Crippen molar-refractivity contribution >= 4 is 10.0 Å². The average molecular weight is 310 g/mol. The van der Waals surface area contributed by atoms with E-state index in [0.717, 1.165) is 12.0 Å². The Labute approximate surface area is 123 Å². The Kier molecular flexibility index (Phi) is 5.11. The topological polar surface area (TPSA) is 92.4 Å². The first kappa shape index (κ1) is 15.7. The molecule has 0 saturated heterocycles. The molecule has 0 radical (unpaired) electrons. The molecule has 1 heterocycles. The largest absolute Gasteiger partial charge is 0.396 e. The molecule has 2 N–H and O–H groups in total. The smallest absolute Gasteiger partial charge is 0.240 e. The summed E-state index contributed by atoms with van der Waals surface area (Å²) in [4.78, 5) is 0.204. The lowest BCUT2D eigenvalue weighted by Gasteiger charge is -2.06. The molecule has 114 valence electrons. The first-order valence-electron chi connectivity index (χ1n) is 6.63. The molecule has 0 fully saturated rings. The summed E-state index contributed by atoms with van der Waals surface area (Å²) >= 11 is 0. The highest BCUT2D eigenvalue weighted by atomic mass is 32.2. The second-order valence-electron chi connectivity index (χ2n) is 4.72. The maximum Gasteiger partial charge on any atom is 0.240 e. The number of nitrogens with one attached hydrogen (secondary N) is 1. The van der Waals surface area contributed by atoms with Crippen LogP contribution in [0.15, 0.2) is 39.8 Å². The maximum absolute atomic E-state index is 12.1. The van der Waals surface area contributed by atoms with Gasteiger partial charge in [-0.05, 0) is 37.5 Å². The van der Waals surface area contributed by atoms with Gasteiger partial charge in [-0.15, -0.1) is 0 Å². The van der Waals surface area contributed by atoms with Gasteiger partial charge >= 0.3 is 0 Å². The van der Waals surface area contributed by atoms with Crippen LogP contribution < -0.4 is 4.72 Å². The van der Waals surface area contributed by atoms with Crippen molar-refractivity contribution in [1.29, 1.82) is 0 Å².